The largest absolute Gasteiger partial charge is 0.488 e. The number of benzene rings is 2. The van der Waals surface area contributed by atoms with E-state index in [0.29, 0.717) is 22.9 Å². The Morgan fingerprint density at radius 3 is 2.47 bits per heavy atom. The van der Waals surface area contributed by atoms with Gasteiger partial charge in [0.1, 0.15) is 23.5 Å². The lowest BCUT2D eigenvalue weighted by molar-refractivity contribution is -0.140. The van der Waals surface area contributed by atoms with E-state index in [1.165, 1.54) is 6.07 Å². The van der Waals surface area contributed by atoms with Crippen LogP contribution in [0.5, 0.6) is 5.75 Å². The van der Waals surface area contributed by atoms with E-state index in [-0.39, 0.29) is 17.9 Å². The van der Waals surface area contributed by atoms with Crippen LogP contribution in [0.3, 0.4) is 0 Å². The molecule has 2 N–H and O–H groups in total. The van der Waals surface area contributed by atoms with Crippen molar-refractivity contribution < 1.29 is 28.7 Å². The van der Waals surface area contributed by atoms with E-state index in [1.54, 1.807) is 42.5 Å². The molecule has 1 heterocycles. The zero-order valence-electron chi connectivity index (χ0n) is 18.3. The SMILES string of the molecule is O=C(COC(=O)c1ccccc1OCc1ccc(Cl)cc1)NN1C(=O)NC2(CCCCC2)C1=O. The average molecular weight is 486 g/mol. The Kier molecular flexibility index (Phi) is 7.02. The third-order valence-electron chi connectivity index (χ3n) is 5.85. The molecular weight excluding hydrogens is 462 g/mol. The van der Waals surface area contributed by atoms with Crippen LogP contribution in [-0.4, -0.2) is 41.0 Å². The van der Waals surface area contributed by atoms with E-state index in [9.17, 15) is 19.2 Å². The predicted octanol–water partition coefficient (Wildman–Crippen LogP) is 3.36. The summed E-state index contributed by atoms with van der Waals surface area (Å²) in [4.78, 5) is 49.9. The van der Waals surface area contributed by atoms with Crippen molar-refractivity contribution in [3.8, 4) is 5.75 Å². The van der Waals surface area contributed by atoms with Gasteiger partial charge in [-0.1, -0.05) is 55.1 Å². The first-order valence-electron chi connectivity index (χ1n) is 11.0. The molecule has 0 bridgehead atoms. The summed E-state index contributed by atoms with van der Waals surface area (Å²) in [5.74, 6) is -1.78. The monoisotopic (exact) mass is 485 g/mol. The second kappa shape index (κ2) is 10.1. The molecule has 1 aliphatic heterocycles. The van der Waals surface area contributed by atoms with Crippen molar-refractivity contribution in [1.29, 1.82) is 0 Å². The highest BCUT2D eigenvalue weighted by Gasteiger charge is 2.52. The van der Waals surface area contributed by atoms with Crippen molar-refractivity contribution in [3.63, 3.8) is 0 Å². The minimum absolute atomic E-state index is 0.139. The Morgan fingerprint density at radius 2 is 1.74 bits per heavy atom. The summed E-state index contributed by atoms with van der Waals surface area (Å²) >= 11 is 5.88. The Morgan fingerprint density at radius 1 is 1.03 bits per heavy atom. The molecule has 2 aliphatic rings. The average Bonchev–Trinajstić information content (AvgIpc) is 3.06. The maximum atomic E-state index is 12.7. The van der Waals surface area contributed by atoms with Gasteiger partial charge in [-0.2, -0.15) is 5.01 Å². The number of para-hydroxylation sites is 1. The van der Waals surface area contributed by atoms with Crippen molar-refractivity contribution in [2.24, 2.45) is 0 Å². The van der Waals surface area contributed by atoms with Crippen LogP contribution in [0.2, 0.25) is 5.02 Å². The van der Waals surface area contributed by atoms with Gasteiger partial charge in [-0.3, -0.25) is 15.0 Å². The molecule has 0 unspecified atom stereocenters. The first kappa shape index (κ1) is 23.6. The molecule has 2 aromatic carbocycles. The quantitative estimate of drug-likeness (QED) is 0.459. The smallest absolute Gasteiger partial charge is 0.344 e. The molecule has 4 rings (SSSR count). The van der Waals surface area contributed by atoms with Crippen molar-refractivity contribution in [2.75, 3.05) is 6.61 Å². The van der Waals surface area contributed by atoms with Crippen LogP contribution in [0.1, 0.15) is 48.0 Å². The molecule has 10 heteroatoms. The molecule has 178 valence electrons. The number of halogens is 1. The predicted molar refractivity (Wildman–Crippen MR) is 122 cm³/mol. The first-order valence-corrected chi connectivity index (χ1v) is 11.4. The lowest BCUT2D eigenvalue weighted by Gasteiger charge is -2.30. The molecule has 2 aromatic rings. The van der Waals surface area contributed by atoms with Crippen molar-refractivity contribution in [1.82, 2.24) is 15.8 Å². The Bertz CT molecular complexity index is 1100. The summed E-state index contributed by atoms with van der Waals surface area (Å²) in [5, 5.41) is 3.97. The first-order chi connectivity index (χ1) is 16.4. The highest BCUT2D eigenvalue weighted by Crippen LogP contribution is 2.33. The van der Waals surface area contributed by atoms with Gasteiger partial charge in [-0.15, -0.1) is 0 Å². The van der Waals surface area contributed by atoms with Gasteiger partial charge < -0.3 is 14.8 Å². The molecule has 1 saturated heterocycles. The third-order valence-corrected chi connectivity index (χ3v) is 6.11. The number of hydrazine groups is 1. The van der Waals surface area contributed by atoms with Crippen molar-refractivity contribution in [3.05, 3.63) is 64.7 Å². The number of nitrogens with zero attached hydrogens (tertiary/aromatic N) is 1. The van der Waals surface area contributed by atoms with Gasteiger partial charge in [0.2, 0.25) is 0 Å². The number of ether oxygens (including phenoxy) is 2. The van der Waals surface area contributed by atoms with Crippen molar-refractivity contribution >= 4 is 35.4 Å². The second-order valence-electron chi connectivity index (χ2n) is 8.24. The van der Waals surface area contributed by atoms with Gasteiger partial charge in [-0.05, 0) is 42.7 Å². The lowest BCUT2D eigenvalue weighted by Crippen LogP contribution is -2.51. The molecule has 34 heavy (non-hydrogen) atoms. The van der Waals surface area contributed by atoms with Crippen molar-refractivity contribution in [2.45, 2.75) is 44.2 Å². The summed E-state index contributed by atoms with van der Waals surface area (Å²) in [7, 11) is 0. The fourth-order valence-electron chi connectivity index (χ4n) is 4.08. The number of rotatable bonds is 7. The van der Waals surface area contributed by atoms with Gasteiger partial charge in [0.15, 0.2) is 6.61 Å². The molecule has 9 nitrogen and oxygen atoms in total. The number of hydrogen-bond acceptors (Lipinski definition) is 6. The number of nitrogens with one attached hydrogen (secondary N) is 2. The Labute approximate surface area is 201 Å². The van der Waals surface area contributed by atoms with Crippen LogP contribution in [0, 0.1) is 0 Å². The summed E-state index contributed by atoms with van der Waals surface area (Å²) in [5.41, 5.74) is 2.27. The molecule has 2 fully saturated rings. The number of esters is 1. The van der Waals surface area contributed by atoms with Crippen LogP contribution < -0.4 is 15.5 Å². The van der Waals surface area contributed by atoms with E-state index >= 15 is 0 Å². The maximum Gasteiger partial charge on any atom is 0.344 e. The normalized spacial score (nSPS) is 16.8. The Balaban J connectivity index is 1.32. The zero-order valence-corrected chi connectivity index (χ0v) is 19.1. The van der Waals surface area contributed by atoms with Gasteiger partial charge >= 0.3 is 12.0 Å². The molecule has 4 amide bonds. The summed E-state index contributed by atoms with van der Waals surface area (Å²) < 4.78 is 10.8. The van der Waals surface area contributed by atoms with Gasteiger partial charge in [-0.25, -0.2) is 9.59 Å². The van der Waals surface area contributed by atoms with Gasteiger partial charge in [0, 0.05) is 5.02 Å². The fraction of sp³-hybridized carbons (Fsp3) is 0.333. The van der Waals surface area contributed by atoms with Crippen LogP contribution in [-0.2, 0) is 20.9 Å². The number of hydrogen-bond donors (Lipinski definition) is 2. The number of imide groups is 1. The fourth-order valence-corrected chi connectivity index (χ4v) is 4.21. The standard InChI is InChI=1S/C24H24ClN3O6/c25-17-10-8-16(9-11-17)14-33-19-7-3-2-6-18(19)21(30)34-15-20(29)27-28-22(31)24(26-23(28)32)12-4-1-5-13-24/h2-3,6-11H,1,4-5,12-15H2,(H,26,32)(H,27,29). The summed E-state index contributed by atoms with van der Waals surface area (Å²) in [6.07, 6.45) is 3.71. The molecular formula is C24H24ClN3O6. The zero-order chi connectivity index (χ0) is 24.1. The summed E-state index contributed by atoms with van der Waals surface area (Å²) in [6, 6.07) is 12.9. The number of carbonyl (C=O) groups excluding carboxylic acids is 4. The lowest BCUT2D eigenvalue weighted by atomic mass is 9.82. The number of amides is 4. The van der Waals surface area contributed by atoms with E-state index < -0.39 is 36.0 Å². The molecule has 1 saturated carbocycles. The van der Waals surface area contributed by atoms with E-state index in [4.69, 9.17) is 21.1 Å². The second-order valence-corrected chi connectivity index (χ2v) is 8.67. The molecule has 0 radical (unpaired) electrons. The Hall–Kier alpha value is -3.59. The van der Waals surface area contributed by atoms with E-state index in [1.807, 2.05) is 0 Å². The van der Waals surface area contributed by atoms with Crippen LogP contribution in [0.15, 0.2) is 48.5 Å². The minimum atomic E-state index is -0.959. The van der Waals surface area contributed by atoms with Crippen LogP contribution in [0.25, 0.3) is 0 Å². The minimum Gasteiger partial charge on any atom is -0.488 e. The topological polar surface area (TPSA) is 114 Å². The van der Waals surface area contributed by atoms with E-state index in [0.717, 1.165) is 24.8 Å². The number of urea groups is 1. The molecule has 1 spiro atoms. The van der Waals surface area contributed by atoms with Crippen LogP contribution >= 0.6 is 11.6 Å². The highest BCUT2D eigenvalue weighted by molar-refractivity contribution is 6.30. The van der Waals surface area contributed by atoms with Crippen LogP contribution in [0.4, 0.5) is 4.79 Å². The van der Waals surface area contributed by atoms with Gasteiger partial charge in [0.25, 0.3) is 11.8 Å². The van der Waals surface area contributed by atoms with Gasteiger partial charge in [0.05, 0.1) is 0 Å². The third kappa shape index (κ3) is 5.14. The highest BCUT2D eigenvalue weighted by atomic mass is 35.5. The molecule has 1 aliphatic carbocycles. The van der Waals surface area contributed by atoms with E-state index in [2.05, 4.69) is 10.7 Å². The maximum absolute atomic E-state index is 12.7. The summed E-state index contributed by atoms with van der Waals surface area (Å²) in [6.45, 7) is -0.468. The molecule has 0 aromatic heterocycles. The molecule has 0 atom stereocenters. The number of carbonyl (C=O) groups is 4.